The summed E-state index contributed by atoms with van der Waals surface area (Å²) in [4.78, 5) is 14.5. The first-order valence-corrected chi connectivity index (χ1v) is 10.3. The number of carbonyl (C=O) groups is 1. The smallest absolute Gasteiger partial charge is 0.282 e. The molecule has 0 bridgehead atoms. The largest absolute Gasteiger partial charge is 0.379 e. The Labute approximate surface area is 154 Å². The number of carbonyl (C=O) groups excluding carboxylic acids is 1. The highest BCUT2D eigenvalue weighted by Gasteiger charge is 2.35. The third-order valence-electron chi connectivity index (χ3n) is 4.94. The lowest BCUT2D eigenvalue weighted by molar-refractivity contribution is -0.135. The number of amides is 1. The van der Waals surface area contributed by atoms with Gasteiger partial charge in [0.05, 0.1) is 18.9 Å². The third kappa shape index (κ3) is 3.78. The van der Waals surface area contributed by atoms with Crippen molar-refractivity contribution in [3.63, 3.8) is 0 Å². The fourth-order valence-corrected chi connectivity index (χ4v) is 5.05. The summed E-state index contributed by atoms with van der Waals surface area (Å²) in [6, 6.07) is 1.54. The van der Waals surface area contributed by atoms with E-state index in [-0.39, 0.29) is 5.91 Å². The van der Waals surface area contributed by atoms with E-state index < -0.39 is 16.3 Å². The lowest BCUT2D eigenvalue weighted by Gasteiger charge is -2.38. The molecule has 2 saturated heterocycles. The number of hydrogen-bond acceptors (Lipinski definition) is 5. The normalized spacial score (nSPS) is 21.7. The molecule has 0 radical (unpaired) electrons. The molecule has 0 saturated carbocycles. The number of piperazine rings is 1. The van der Waals surface area contributed by atoms with Crippen LogP contribution in [0.4, 0.5) is 0 Å². The molecule has 0 unspecified atom stereocenters. The van der Waals surface area contributed by atoms with E-state index in [0.29, 0.717) is 52.5 Å². The number of nitrogens with zero attached hydrogens (tertiary/aromatic N) is 5. The van der Waals surface area contributed by atoms with Crippen LogP contribution in [-0.2, 0) is 19.7 Å². The van der Waals surface area contributed by atoms with E-state index in [9.17, 15) is 13.2 Å². The molecule has 3 rings (SSSR count). The average Bonchev–Trinajstić information content (AvgIpc) is 2.99. The Hall–Kier alpha value is -1.49. The summed E-state index contributed by atoms with van der Waals surface area (Å²) >= 11 is 0. The molecule has 1 amide bonds. The molecule has 0 aliphatic carbocycles. The lowest BCUT2D eigenvalue weighted by atomic mass is 10.2. The van der Waals surface area contributed by atoms with E-state index in [1.54, 1.807) is 9.58 Å². The first-order chi connectivity index (χ1) is 12.3. The van der Waals surface area contributed by atoms with Gasteiger partial charge >= 0.3 is 0 Å². The lowest BCUT2D eigenvalue weighted by Crippen LogP contribution is -2.56. The van der Waals surface area contributed by atoms with Gasteiger partial charge in [0.25, 0.3) is 10.2 Å². The molecule has 2 aliphatic rings. The Morgan fingerprint density at radius 3 is 2.19 bits per heavy atom. The standard InChI is InChI=1S/C16H27N5O4S/c1-13-12-14(2)21(17-13)15(3)16(22)18-4-6-19(7-5-18)26(23,24)20-8-10-25-11-9-20/h12,15H,4-11H2,1-3H3/t15-/m0/s1. The van der Waals surface area contributed by atoms with Crippen LogP contribution >= 0.6 is 0 Å². The van der Waals surface area contributed by atoms with E-state index in [4.69, 9.17) is 4.74 Å². The van der Waals surface area contributed by atoms with Gasteiger partial charge in [-0.1, -0.05) is 0 Å². The topological polar surface area (TPSA) is 88.0 Å². The van der Waals surface area contributed by atoms with Gasteiger partial charge in [0.15, 0.2) is 0 Å². The molecular weight excluding hydrogens is 358 g/mol. The highest BCUT2D eigenvalue weighted by molar-refractivity contribution is 7.86. The van der Waals surface area contributed by atoms with Crippen molar-refractivity contribution in [3.05, 3.63) is 17.5 Å². The van der Waals surface area contributed by atoms with Crippen molar-refractivity contribution in [1.29, 1.82) is 0 Å². The number of hydrogen-bond donors (Lipinski definition) is 0. The molecule has 0 spiro atoms. The Morgan fingerprint density at radius 2 is 1.65 bits per heavy atom. The van der Waals surface area contributed by atoms with Crippen LogP contribution < -0.4 is 0 Å². The molecule has 2 aliphatic heterocycles. The van der Waals surface area contributed by atoms with Gasteiger partial charge < -0.3 is 9.64 Å². The number of rotatable bonds is 4. The van der Waals surface area contributed by atoms with E-state index in [2.05, 4.69) is 5.10 Å². The van der Waals surface area contributed by atoms with Crippen LogP contribution in [0.25, 0.3) is 0 Å². The highest BCUT2D eigenvalue weighted by Crippen LogP contribution is 2.18. The summed E-state index contributed by atoms with van der Waals surface area (Å²) < 4.78 is 35.3. The molecule has 146 valence electrons. The summed E-state index contributed by atoms with van der Waals surface area (Å²) in [7, 11) is -3.48. The minimum Gasteiger partial charge on any atom is -0.379 e. The van der Waals surface area contributed by atoms with Crippen molar-refractivity contribution < 1.29 is 17.9 Å². The molecule has 26 heavy (non-hydrogen) atoms. The van der Waals surface area contributed by atoms with E-state index in [1.165, 1.54) is 8.61 Å². The zero-order valence-electron chi connectivity index (χ0n) is 15.6. The zero-order valence-corrected chi connectivity index (χ0v) is 16.4. The molecular formula is C16H27N5O4S. The quantitative estimate of drug-likeness (QED) is 0.715. The fourth-order valence-electron chi connectivity index (χ4n) is 3.49. The summed E-state index contributed by atoms with van der Waals surface area (Å²) in [6.07, 6.45) is 0. The van der Waals surface area contributed by atoms with Crippen molar-refractivity contribution in [3.8, 4) is 0 Å². The first-order valence-electron chi connectivity index (χ1n) is 8.95. The number of aromatic nitrogens is 2. The SMILES string of the molecule is Cc1cc(C)n([C@@H](C)C(=O)N2CCN(S(=O)(=O)N3CCOCC3)CC2)n1. The molecule has 1 aromatic heterocycles. The van der Waals surface area contributed by atoms with Gasteiger partial charge in [-0.15, -0.1) is 0 Å². The second kappa shape index (κ2) is 7.63. The van der Waals surface area contributed by atoms with Crippen LogP contribution in [0, 0.1) is 13.8 Å². The Morgan fingerprint density at radius 1 is 1.08 bits per heavy atom. The molecule has 2 fully saturated rings. The van der Waals surface area contributed by atoms with E-state index >= 15 is 0 Å². The summed E-state index contributed by atoms with van der Waals surface area (Å²) in [5, 5.41) is 4.39. The highest BCUT2D eigenvalue weighted by atomic mass is 32.2. The Balaban J connectivity index is 1.61. The van der Waals surface area contributed by atoms with Crippen LogP contribution in [0.2, 0.25) is 0 Å². The van der Waals surface area contributed by atoms with Crippen LogP contribution in [0.1, 0.15) is 24.4 Å². The molecule has 9 nitrogen and oxygen atoms in total. The van der Waals surface area contributed by atoms with E-state index in [1.807, 2.05) is 26.8 Å². The van der Waals surface area contributed by atoms with Crippen molar-refractivity contribution in [2.45, 2.75) is 26.8 Å². The maximum absolute atomic E-state index is 12.8. The van der Waals surface area contributed by atoms with Crippen LogP contribution in [0.3, 0.4) is 0 Å². The van der Waals surface area contributed by atoms with Gasteiger partial charge in [-0.3, -0.25) is 9.48 Å². The monoisotopic (exact) mass is 385 g/mol. The Kier molecular flexibility index (Phi) is 5.66. The number of morpholine rings is 1. The first kappa shape index (κ1) is 19.3. The predicted molar refractivity (Wildman–Crippen MR) is 95.9 cm³/mol. The molecule has 3 heterocycles. The summed E-state index contributed by atoms with van der Waals surface area (Å²) in [5.41, 5.74) is 1.82. The molecule has 0 aromatic carbocycles. The molecule has 10 heteroatoms. The average molecular weight is 385 g/mol. The van der Waals surface area contributed by atoms with Crippen molar-refractivity contribution >= 4 is 16.1 Å². The molecule has 0 N–H and O–H groups in total. The van der Waals surface area contributed by atoms with Crippen molar-refractivity contribution in [2.75, 3.05) is 52.5 Å². The second-order valence-electron chi connectivity index (χ2n) is 6.79. The van der Waals surface area contributed by atoms with Crippen LogP contribution in [-0.4, -0.2) is 90.1 Å². The summed E-state index contributed by atoms with van der Waals surface area (Å²) in [6.45, 7) is 8.70. The minimum absolute atomic E-state index is 0.0281. The zero-order chi connectivity index (χ0) is 18.9. The Bertz CT molecular complexity index is 749. The molecule has 1 atom stereocenters. The van der Waals surface area contributed by atoms with Crippen LogP contribution in [0.15, 0.2) is 6.07 Å². The predicted octanol–water partition coefficient (Wildman–Crippen LogP) is -0.218. The van der Waals surface area contributed by atoms with Crippen molar-refractivity contribution in [1.82, 2.24) is 23.3 Å². The number of aryl methyl sites for hydroxylation is 2. The van der Waals surface area contributed by atoms with Crippen molar-refractivity contribution in [2.24, 2.45) is 0 Å². The molecule has 1 aromatic rings. The second-order valence-corrected chi connectivity index (χ2v) is 8.72. The fraction of sp³-hybridized carbons (Fsp3) is 0.750. The maximum atomic E-state index is 12.8. The van der Waals surface area contributed by atoms with Gasteiger partial charge in [0.1, 0.15) is 6.04 Å². The number of ether oxygens (including phenoxy) is 1. The van der Waals surface area contributed by atoms with Gasteiger partial charge in [-0.2, -0.15) is 22.1 Å². The van der Waals surface area contributed by atoms with Gasteiger partial charge in [0, 0.05) is 45.0 Å². The van der Waals surface area contributed by atoms with Crippen LogP contribution in [0.5, 0.6) is 0 Å². The maximum Gasteiger partial charge on any atom is 0.282 e. The minimum atomic E-state index is -3.48. The van der Waals surface area contributed by atoms with Gasteiger partial charge in [-0.05, 0) is 26.8 Å². The van der Waals surface area contributed by atoms with E-state index in [0.717, 1.165) is 11.4 Å². The third-order valence-corrected chi connectivity index (χ3v) is 6.98. The van der Waals surface area contributed by atoms with Gasteiger partial charge in [0.2, 0.25) is 5.91 Å². The summed E-state index contributed by atoms with van der Waals surface area (Å²) in [5.74, 6) is -0.0281. The van der Waals surface area contributed by atoms with Gasteiger partial charge in [-0.25, -0.2) is 0 Å².